The molecule has 0 saturated carbocycles. The highest BCUT2D eigenvalue weighted by Crippen LogP contribution is 2.19. The third-order valence-corrected chi connectivity index (χ3v) is 2.30. The predicted molar refractivity (Wildman–Crippen MR) is 35.6 cm³/mol. The first kappa shape index (κ1) is 5.80. The highest BCUT2D eigenvalue weighted by atomic mass is 79.9. The minimum absolute atomic E-state index is 0.685. The van der Waals surface area contributed by atoms with Crippen LogP contribution in [0.3, 0.4) is 0 Å². The van der Waals surface area contributed by atoms with Gasteiger partial charge in [-0.05, 0) is 22.0 Å². The minimum atomic E-state index is 0.685. The molecule has 0 bridgehead atoms. The third kappa shape index (κ3) is 0.908. The van der Waals surface area contributed by atoms with Crippen molar-refractivity contribution in [3.05, 3.63) is 20.8 Å². The molecule has 0 saturated heterocycles. The monoisotopic (exact) mass is 186 g/mol. The Bertz CT molecular complexity index is 223. The van der Waals surface area contributed by atoms with Crippen molar-refractivity contribution in [3.8, 4) is 6.07 Å². The molecule has 1 rings (SSSR count). The molecule has 0 aliphatic heterocycles. The number of rotatable bonds is 0. The van der Waals surface area contributed by atoms with Crippen LogP contribution in [0.2, 0.25) is 0 Å². The van der Waals surface area contributed by atoms with E-state index in [0.717, 1.165) is 4.47 Å². The second-order valence-corrected chi connectivity index (χ2v) is 2.86. The summed E-state index contributed by atoms with van der Waals surface area (Å²) >= 11 is 4.50. The van der Waals surface area contributed by atoms with Gasteiger partial charge in [-0.15, -0.1) is 11.3 Å². The summed E-state index contributed by atoms with van der Waals surface area (Å²) in [6.07, 6.45) is 0. The fourth-order valence-electron chi connectivity index (χ4n) is 0.331. The smallest absolute Gasteiger partial charge is 0.119 e. The Hall–Kier alpha value is -0.330. The lowest BCUT2D eigenvalue weighted by Crippen LogP contribution is -1.58. The zero-order valence-electron chi connectivity index (χ0n) is 3.81. The summed E-state index contributed by atoms with van der Waals surface area (Å²) in [6, 6.07) is 3.75. The standard InChI is InChI=1S/C5HBrNS/c6-4-1-2-8-5(4)3-7/h1H. The lowest BCUT2D eigenvalue weighted by molar-refractivity contribution is 1.52. The Kier molecular flexibility index (Phi) is 1.66. The normalized spacial score (nSPS) is 8.50. The molecule has 0 N–H and O–H groups in total. The molecule has 1 nitrogen and oxygen atoms in total. The maximum Gasteiger partial charge on any atom is 0.119 e. The topological polar surface area (TPSA) is 23.8 Å². The number of hydrogen-bond donors (Lipinski definition) is 0. The van der Waals surface area contributed by atoms with Crippen molar-refractivity contribution >= 4 is 27.3 Å². The maximum atomic E-state index is 8.32. The highest BCUT2D eigenvalue weighted by Gasteiger charge is 1.96. The first-order valence-electron chi connectivity index (χ1n) is 1.90. The first-order valence-corrected chi connectivity index (χ1v) is 3.51. The summed E-state index contributed by atoms with van der Waals surface area (Å²) in [4.78, 5) is 0.685. The van der Waals surface area contributed by atoms with Crippen molar-refractivity contribution in [3.63, 3.8) is 0 Å². The van der Waals surface area contributed by atoms with Crippen molar-refractivity contribution in [2.45, 2.75) is 0 Å². The van der Waals surface area contributed by atoms with Gasteiger partial charge in [0.1, 0.15) is 10.9 Å². The molecule has 0 aliphatic rings. The van der Waals surface area contributed by atoms with Crippen LogP contribution in [0.1, 0.15) is 4.88 Å². The van der Waals surface area contributed by atoms with Gasteiger partial charge in [0.15, 0.2) is 0 Å². The van der Waals surface area contributed by atoms with Gasteiger partial charge < -0.3 is 0 Å². The van der Waals surface area contributed by atoms with E-state index in [-0.39, 0.29) is 0 Å². The largest absolute Gasteiger partial charge is 0.191 e. The van der Waals surface area contributed by atoms with Crippen molar-refractivity contribution in [2.24, 2.45) is 0 Å². The quantitative estimate of drug-likeness (QED) is 0.610. The summed E-state index contributed by atoms with van der Waals surface area (Å²) in [6.45, 7) is 0. The molecule has 0 fully saturated rings. The van der Waals surface area contributed by atoms with Crippen LogP contribution in [0.4, 0.5) is 0 Å². The van der Waals surface area contributed by atoms with Gasteiger partial charge in [0.2, 0.25) is 0 Å². The Balaban J connectivity index is 3.15. The first-order chi connectivity index (χ1) is 3.84. The lowest BCUT2D eigenvalue weighted by atomic mass is 10.5. The van der Waals surface area contributed by atoms with Crippen LogP contribution >= 0.6 is 27.3 Å². The lowest BCUT2D eigenvalue weighted by Gasteiger charge is -1.74. The zero-order valence-corrected chi connectivity index (χ0v) is 6.21. The average Bonchev–Trinajstić information content (AvgIpc) is 2.14. The van der Waals surface area contributed by atoms with E-state index >= 15 is 0 Å². The Labute approximate surface area is 59.7 Å². The van der Waals surface area contributed by atoms with Crippen molar-refractivity contribution < 1.29 is 0 Å². The number of thiophene rings is 1. The minimum Gasteiger partial charge on any atom is -0.191 e. The number of nitriles is 1. The van der Waals surface area contributed by atoms with Gasteiger partial charge in [0.25, 0.3) is 0 Å². The fourth-order valence-corrected chi connectivity index (χ4v) is 1.42. The van der Waals surface area contributed by atoms with E-state index in [4.69, 9.17) is 5.26 Å². The fraction of sp³-hybridized carbons (Fsp3) is 0. The van der Waals surface area contributed by atoms with Gasteiger partial charge in [0, 0.05) is 9.85 Å². The van der Waals surface area contributed by atoms with Gasteiger partial charge in [0.05, 0.1) is 0 Å². The van der Waals surface area contributed by atoms with Gasteiger partial charge in [-0.25, -0.2) is 0 Å². The molecule has 0 aromatic carbocycles. The average molecular weight is 187 g/mol. The second-order valence-electron chi connectivity index (χ2n) is 1.15. The van der Waals surface area contributed by atoms with E-state index in [1.165, 1.54) is 11.3 Å². The predicted octanol–water partition coefficient (Wildman–Crippen LogP) is 2.18. The summed E-state index contributed by atoms with van der Waals surface area (Å²) < 4.78 is 0.838. The summed E-state index contributed by atoms with van der Waals surface area (Å²) in [5.74, 6) is 0. The number of hydrogen-bond acceptors (Lipinski definition) is 2. The SMILES string of the molecule is N#Cc1s[c]cc1Br. The Morgan fingerprint density at radius 3 is 2.88 bits per heavy atom. The molecule has 1 aromatic heterocycles. The van der Waals surface area contributed by atoms with Crippen LogP contribution in [-0.2, 0) is 0 Å². The van der Waals surface area contributed by atoms with E-state index < -0.39 is 0 Å². The van der Waals surface area contributed by atoms with Gasteiger partial charge in [-0.3, -0.25) is 0 Å². The third-order valence-electron chi connectivity index (χ3n) is 0.665. The van der Waals surface area contributed by atoms with E-state index in [1.54, 1.807) is 6.07 Å². The summed E-state index contributed by atoms with van der Waals surface area (Å²) in [5, 5.41) is 11.1. The van der Waals surface area contributed by atoms with E-state index in [2.05, 4.69) is 21.3 Å². The Morgan fingerprint density at radius 2 is 2.62 bits per heavy atom. The molecule has 0 aliphatic carbocycles. The van der Waals surface area contributed by atoms with Crippen molar-refractivity contribution in [1.29, 1.82) is 5.26 Å². The molecule has 0 atom stereocenters. The summed E-state index contributed by atoms with van der Waals surface area (Å²) in [7, 11) is 0. The van der Waals surface area contributed by atoms with Crippen LogP contribution in [0, 0.1) is 16.7 Å². The molecule has 3 heteroatoms. The zero-order chi connectivity index (χ0) is 5.98. The molecular formula is C5HBrNS. The molecule has 1 aromatic rings. The molecule has 1 heterocycles. The Morgan fingerprint density at radius 1 is 1.88 bits per heavy atom. The molecule has 0 spiro atoms. The molecular weight excluding hydrogens is 186 g/mol. The van der Waals surface area contributed by atoms with Crippen LogP contribution in [0.25, 0.3) is 0 Å². The van der Waals surface area contributed by atoms with Crippen LogP contribution in [-0.4, -0.2) is 0 Å². The van der Waals surface area contributed by atoms with E-state index in [0.29, 0.717) is 4.88 Å². The van der Waals surface area contributed by atoms with Gasteiger partial charge in [-0.1, -0.05) is 0 Å². The molecule has 0 amide bonds. The van der Waals surface area contributed by atoms with Crippen molar-refractivity contribution in [1.82, 2.24) is 0 Å². The summed E-state index contributed by atoms with van der Waals surface area (Å²) in [5.41, 5.74) is 0. The molecule has 39 valence electrons. The van der Waals surface area contributed by atoms with Gasteiger partial charge in [-0.2, -0.15) is 5.26 Å². The van der Waals surface area contributed by atoms with E-state index in [1.807, 2.05) is 6.07 Å². The molecule has 8 heavy (non-hydrogen) atoms. The van der Waals surface area contributed by atoms with Crippen molar-refractivity contribution in [2.75, 3.05) is 0 Å². The highest BCUT2D eigenvalue weighted by molar-refractivity contribution is 9.10. The van der Waals surface area contributed by atoms with Crippen LogP contribution in [0.15, 0.2) is 10.5 Å². The van der Waals surface area contributed by atoms with Gasteiger partial charge >= 0.3 is 0 Å². The van der Waals surface area contributed by atoms with Crippen LogP contribution < -0.4 is 0 Å². The number of nitrogens with zero attached hydrogens (tertiary/aromatic N) is 1. The van der Waals surface area contributed by atoms with Crippen LogP contribution in [0.5, 0.6) is 0 Å². The molecule has 1 radical (unpaired) electrons. The van der Waals surface area contributed by atoms with E-state index in [9.17, 15) is 0 Å². The maximum absolute atomic E-state index is 8.32. The second kappa shape index (κ2) is 2.29. The molecule has 0 unspecified atom stereocenters. The number of halogens is 1.